The van der Waals surface area contributed by atoms with Gasteiger partial charge in [-0.15, -0.1) is 0 Å². The van der Waals surface area contributed by atoms with Gasteiger partial charge in [-0.2, -0.15) is 0 Å². The number of esters is 1. The fourth-order valence-corrected chi connectivity index (χ4v) is 3.18. The van der Waals surface area contributed by atoms with E-state index in [1.807, 2.05) is 0 Å². The van der Waals surface area contributed by atoms with Crippen LogP contribution in [0.15, 0.2) is 23.4 Å². The van der Waals surface area contributed by atoms with Crippen molar-refractivity contribution in [3.8, 4) is 17.2 Å². The number of hydrogen-bond donors (Lipinski definition) is 2. The number of amides is 1. The number of aromatic hydroxyl groups is 1. The Morgan fingerprint density at radius 2 is 1.79 bits per heavy atom. The number of cyclic esters (lactones) is 1. The van der Waals surface area contributed by atoms with Crippen molar-refractivity contribution in [1.29, 1.82) is 0 Å². The normalized spacial score (nSPS) is 21.9. The van der Waals surface area contributed by atoms with Gasteiger partial charge in [0.25, 0.3) is 0 Å². The zero-order valence-corrected chi connectivity index (χ0v) is 13.9. The molecule has 0 aliphatic carbocycles. The number of methoxy groups -OCH3 is 2. The highest BCUT2D eigenvalue weighted by Gasteiger charge is 2.47. The molecule has 7 nitrogen and oxygen atoms in total. The molecule has 0 aromatic heterocycles. The topological polar surface area (TPSA) is 94.1 Å². The van der Waals surface area contributed by atoms with Crippen molar-refractivity contribution in [3.63, 3.8) is 0 Å². The van der Waals surface area contributed by atoms with E-state index in [0.29, 0.717) is 16.8 Å². The molecule has 0 radical (unpaired) electrons. The van der Waals surface area contributed by atoms with Crippen molar-refractivity contribution in [3.05, 3.63) is 29.0 Å². The van der Waals surface area contributed by atoms with E-state index in [-0.39, 0.29) is 29.6 Å². The number of nitrogens with one attached hydrogen (secondary N) is 1. The molecule has 0 saturated heterocycles. The van der Waals surface area contributed by atoms with Gasteiger partial charge in [-0.25, -0.2) is 4.79 Å². The standard InChI is InChI=1S/C17H19NO6/c1-17(2)15-13(16(21)24-17)9(7-12(19)18-15)8-5-10(22-3)14(20)11(6-8)23-4/h5-6,9,20H,7H2,1-4H3,(H,18,19)/t9-/m1/s1. The second-order valence-electron chi connectivity index (χ2n) is 6.27. The van der Waals surface area contributed by atoms with Gasteiger partial charge in [0, 0.05) is 12.3 Å². The molecule has 1 atom stereocenters. The highest BCUT2D eigenvalue weighted by Crippen LogP contribution is 2.46. The molecule has 2 N–H and O–H groups in total. The molecule has 1 aromatic rings. The van der Waals surface area contributed by atoms with Gasteiger partial charge in [-0.3, -0.25) is 4.79 Å². The maximum atomic E-state index is 12.3. The first-order valence-corrected chi connectivity index (χ1v) is 7.51. The van der Waals surface area contributed by atoms with Crippen molar-refractivity contribution in [2.45, 2.75) is 31.8 Å². The monoisotopic (exact) mass is 333 g/mol. The highest BCUT2D eigenvalue weighted by atomic mass is 16.6. The van der Waals surface area contributed by atoms with Crippen LogP contribution in [-0.2, 0) is 14.3 Å². The fourth-order valence-electron chi connectivity index (χ4n) is 3.18. The third-order valence-corrected chi connectivity index (χ3v) is 4.35. The predicted molar refractivity (Wildman–Crippen MR) is 83.9 cm³/mol. The smallest absolute Gasteiger partial charge is 0.337 e. The summed E-state index contributed by atoms with van der Waals surface area (Å²) in [7, 11) is 2.84. The van der Waals surface area contributed by atoms with Crippen LogP contribution in [0.5, 0.6) is 17.2 Å². The largest absolute Gasteiger partial charge is 0.502 e. The van der Waals surface area contributed by atoms with Gasteiger partial charge < -0.3 is 24.6 Å². The highest BCUT2D eigenvalue weighted by molar-refractivity contribution is 5.99. The van der Waals surface area contributed by atoms with Crippen molar-refractivity contribution < 1.29 is 28.9 Å². The van der Waals surface area contributed by atoms with Gasteiger partial charge in [-0.05, 0) is 31.5 Å². The Labute approximate surface area is 139 Å². The van der Waals surface area contributed by atoms with Gasteiger partial charge in [-0.1, -0.05) is 0 Å². The minimum atomic E-state index is -0.883. The molecule has 0 fully saturated rings. The average Bonchev–Trinajstić information content (AvgIpc) is 2.76. The minimum Gasteiger partial charge on any atom is -0.502 e. The molecule has 2 heterocycles. The van der Waals surface area contributed by atoms with E-state index in [1.54, 1.807) is 26.0 Å². The molecule has 0 spiro atoms. The zero-order chi connectivity index (χ0) is 17.6. The molecule has 2 aliphatic rings. The second kappa shape index (κ2) is 5.43. The molecule has 7 heteroatoms. The summed E-state index contributed by atoms with van der Waals surface area (Å²) in [6.45, 7) is 3.46. The lowest BCUT2D eigenvalue weighted by Crippen LogP contribution is -2.38. The van der Waals surface area contributed by atoms with Crippen LogP contribution in [0.3, 0.4) is 0 Å². The number of phenolic OH excluding ortho intramolecular Hbond substituents is 1. The summed E-state index contributed by atoms with van der Waals surface area (Å²) >= 11 is 0. The van der Waals surface area contributed by atoms with E-state index in [0.717, 1.165) is 0 Å². The summed E-state index contributed by atoms with van der Waals surface area (Å²) in [6, 6.07) is 3.20. The van der Waals surface area contributed by atoms with Crippen LogP contribution >= 0.6 is 0 Å². The molecule has 3 rings (SSSR count). The van der Waals surface area contributed by atoms with Gasteiger partial charge in [0.05, 0.1) is 25.5 Å². The Morgan fingerprint density at radius 1 is 1.21 bits per heavy atom. The zero-order valence-electron chi connectivity index (χ0n) is 13.9. The molecular weight excluding hydrogens is 314 g/mol. The molecule has 0 saturated carbocycles. The summed E-state index contributed by atoms with van der Waals surface area (Å²) in [6.07, 6.45) is 0.0983. The van der Waals surface area contributed by atoms with E-state index in [9.17, 15) is 14.7 Å². The van der Waals surface area contributed by atoms with Gasteiger partial charge >= 0.3 is 5.97 Å². The fraction of sp³-hybridized carbons (Fsp3) is 0.412. The van der Waals surface area contributed by atoms with Crippen LogP contribution in [0.2, 0.25) is 0 Å². The summed E-state index contributed by atoms with van der Waals surface area (Å²) in [5, 5.41) is 12.8. The first kappa shape index (κ1) is 16.2. The predicted octanol–water partition coefficient (Wildman–Crippen LogP) is 1.60. The van der Waals surface area contributed by atoms with Crippen LogP contribution in [0.1, 0.15) is 31.7 Å². The lowest BCUT2D eigenvalue weighted by atomic mass is 9.82. The summed E-state index contributed by atoms with van der Waals surface area (Å²) in [5.41, 5.74) is 0.666. The van der Waals surface area contributed by atoms with Crippen LogP contribution in [0.4, 0.5) is 0 Å². The Morgan fingerprint density at radius 3 is 2.33 bits per heavy atom. The summed E-state index contributed by atoms with van der Waals surface area (Å²) in [4.78, 5) is 24.5. The molecule has 0 bridgehead atoms. The number of carbonyl (C=O) groups excluding carboxylic acids is 2. The number of hydrogen-bond acceptors (Lipinski definition) is 6. The van der Waals surface area contributed by atoms with Crippen LogP contribution in [-0.4, -0.2) is 36.8 Å². The second-order valence-corrected chi connectivity index (χ2v) is 6.27. The lowest BCUT2D eigenvalue weighted by molar-refractivity contribution is -0.144. The van der Waals surface area contributed by atoms with Gasteiger partial charge in [0.1, 0.15) is 5.60 Å². The number of phenols is 1. The molecular formula is C17H19NO6. The van der Waals surface area contributed by atoms with E-state index in [1.165, 1.54) is 14.2 Å². The van der Waals surface area contributed by atoms with Gasteiger partial charge in [0.2, 0.25) is 11.7 Å². The molecule has 1 amide bonds. The Bertz CT molecular complexity index is 739. The van der Waals surface area contributed by atoms with Crippen molar-refractivity contribution in [2.24, 2.45) is 0 Å². The molecule has 2 aliphatic heterocycles. The minimum absolute atomic E-state index is 0.0983. The summed E-state index contributed by atoms with van der Waals surface area (Å²) in [5.74, 6) is -0.854. The number of benzene rings is 1. The SMILES string of the molecule is COc1cc([C@H]2CC(=O)NC3=C2C(=O)OC3(C)C)cc(OC)c1O. The third-order valence-electron chi connectivity index (χ3n) is 4.35. The Kier molecular flexibility index (Phi) is 3.66. The molecule has 24 heavy (non-hydrogen) atoms. The maximum absolute atomic E-state index is 12.3. The number of rotatable bonds is 3. The van der Waals surface area contributed by atoms with Crippen LogP contribution in [0.25, 0.3) is 0 Å². The number of ether oxygens (including phenoxy) is 3. The van der Waals surface area contributed by atoms with Crippen molar-refractivity contribution in [2.75, 3.05) is 14.2 Å². The quantitative estimate of drug-likeness (QED) is 0.816. The van der Waals surface area contributed by atoms with Crippen molar-refractivity contribution in [1.82, 2.24) is 5.32 Å². The first-order chi connectivity index (χ1) is 11.3. The Hall–Kier alpha value is -2.70. The summed E-state index contributed by atoms with van der Waals surface area (Å²) < 4.78 is 15.7. The molecule has 128 valence electrons. The van der Waals surface area contributed by atoms with Crippen LogP contribution < -0.4 is 14.8 Å². The van der Waals surface area contributed by atoms with E-state index in [4.69, 9.17) is 14.2 Å². The molecule has 1 aromatic carbocycles. The number of carbonyl (C=O) groups is 2. The van der Waals surface area contributed by atoms with E-state index in [2.05, 4.69) is 5.32 Å². The first-order valence-electron chi connectivity index (χ1n) is 7.51. The van der Waals surface area contributed by atoms with E-state index >= 15 is 0 Å². The van der Waals surface area contributed by atoms with E-state index < -0.39 is 17.5 Å². The Balaban J connectivity index is 2.17. The maximum Gasteiger partial charge on any atom is 0.337 e. The average molecular weight is 333 g/mol. The van der Waals surface area contributed by atoms with Crippen molar-refractivity contribution >= 4 is 11.9 Å². The third kappa shape index (κ3) is 2.36. The lowest BCUT2D eigenvalue weighted by Gasteiger charge is -2.27. The molecule has 0 unspecified atom stereocenters. The van der Waals surface area contributed by atoms with Gasteiger partial charge in [0.15, 0.2) is 11.5 Å². The van der Waals surface area contributed by atoms with Crippen LogP contribution in [0, 0.1) is 0 Å².